The Morgan fingerprint density at radius 1 is 0.542 bits per heavy atom. The van der Waals surface area contributed by atoms with Crippen LogP contribution in [0.4, 0.5) is 17.1 Å². The average Bonchev–Trinajstić information content (AvgIpc) is 3.94. The lowest BCUT2D eigenvalue weighted by Gasteiger charge is -2.28. The summed E-state index contributed by atoms with van der Waals surface area (Å²) >= 11 is 0. The Bertz CT molecular complexity index is 3140. The highest BCUT2D eigenvalue weighted by molar-refractivity contribution is 6.19. The van der Waals surface area contributed by atoms with E-state index in [1.807, 2.05) is 12.4 Å². The van der Waals surface area contributed by atoms with Gasteiger partial charge in [-0.15, -0.1) is 0 Å². The van der Waals surface area contributed by atoms with Crippen LogP contribution in [-0.2, 0) is 5.41 Å². The average molecular weight is 762 g/mol. The smallest absolute Gasteiger partial charge is 0.0788 e. The first kappa shape index (κ1) is 35.9. The lowest BCUT2D eigenvalue weighted by atomic mass is 9.82. The summed E-state index contributed by atoms with van der Waals surface area (Å²) in [6.45, 7) is 7.82. The lowest BCUT2D eigenvalue weighted by Crippen LogP contribution is -2.16. The summed E-state index contributed by atoms with van der Waals surface area (Å²) in [6.07, 6.45) is 5.90. The van der Waals surface area contributed by atoms with Crippen LogP contribution in [0, 0.1) is 0 Å². The van der Waals surface area contributed by atoms with Gasteiger partial charge in [0.25, 0.3) is 0 Å². The Morgan fingerprint density at radius 2 is 1.15 bits per heavy atom. The third-order valence-corrected chi connectivity index (χ3v) is 11.8. The number of aromatic nitrogens is 3. The van der Waals surface area contributed by atoms with Gasteiger partial charge in [0.05, 0.1) is 16.6 Å². The highest BCUT2D eigenvalue weighted by Crippen LogP contribution is 2.51. The van der Waals surface area contributed by atoms with Gasteiger partial charge in [-0.25, -0.2) is 0 Å². The molecule has 0 aliphatic heterocycles. The van der Waals surface area contributed by atoms with Crippen molar-refractivity contribution in [3.8, 4) is 33.6 Å². The van der Waals surface area contributed by atoms with Crippen molar-refractivity contribution in [3.63, 3.8) is 0 Å². The van der Waals surface area contributed by atoms with Crippen LogP contribution < -0.4 is 4.90 Å². The maximum absolute atomic E-state index is 4.24. The number of benzene rings is 7. The van der Waals surface area contributed by atoms with Crippen LogP contribution in [0.25, 0.3) is 66.3 Å². The molecule has 0 saturated carbocycles. The Hall–Kier alpha value is -7.50. The van der Waals surface area contributed by atoms with Gasteiger partial charge >= 0.3 is 0 Å². The number of anilines is 3. The number of pyridine rings is 1. The highest BCUT2D eigenvalue weighted by Gasteiger charge is 2.35. The predicted octanol–water partition coefficient (Wildman–Crippen LogP) is 13.9. The molecular weight excluding hydrogens is 719 g/mol. The third kappa shape index (κ3) is 5.93. The van der Waals surface area contributed by atoms with Gasteiger partial charge in [0, 0.05) is 75.6 Å². The summed E-state index contributed by atoms with van der Waals surface area (Å²) in [5.41, 5.74) is 16.7. The molecule has 0 spiro atoms. The van der Waals surface area contributed by atoms with E-state index in [0.29, 0.717) is 0 Å². The van der Waals surface area contributed by atoms with E-state index in [9.17, 15) is 0 Å². The molecular formula is C54H43N5. The monoisotopic (exact) mass is 761 g/mol. The first-order valence-electron chi connectivity index (χ1n) is 20.0. The zero-order valence-electron chi connectivity index (χ0n) is 33.4. The molecule has 0 N–H and O–H groups in total. The van der Waals surface area contributed by atoms with Crippen molar-refractivity contribution < 1.29 is 0 Å². The SMILES string of the molecule is C=NC.CC1(C)c2ccccc2-c2ccc(N(c3ccc(-c4ccncc4)cc3)c3ccc4c(c3)c3ccc5ccn(-c6ccccc6)c5c3n4-c3ccccc3)cc21. The van der Waals surface area contributed by atoms with Crippen LogP contribution in [0.2, 0.25) is 0 Å². The summed E-state index contributed by atoms with van der Waals surface area (Å²) in [6, 6.07) is 64.2. The van der Waals surface area contributed by atoms with Crippen LogP contribution in [0.5, 0.6) is 0 Å². The molecule has 1 aliphatic carbocycles. The molecule has 1 aliphatic rings. The number of rotatable bonds is 6. The van der Waals surface area contributed by atoms with Crippen molar-refractivity contribution >= 4 is 56.5 Å². The molecule has 3 aromatic heterocycles. The molecule has 0 fully saturated rings. The molecule has 0 amide bonds. The minimum atomic E-state index is -0.120. The first-order valence-corrected chi connectivity index (χ1v) is 20.0. The second-order valence-electron chi connectivity index (χ2n) is 15.6. The van der Waals surface area contributed by atoms with E-state index in [2.05, 4.69) is 227 Å². The second kappa shape index (κ2) is 14.5. The molecule has 0 saturated heterocycles. The number of aliphatic imine (C=N–C) groups is 1. The van der Waals surface area contributed by atoms with Crippen LogP contribution in [0.1, 0.15) is 25.0 Å². The van der Waals surface area contributed by atoms with E-state index in [1.165, 1.54) is 55.0 Å². The van der Waals surface area contributed by atoms with Crippen molar-refractivity contribution in [2.75, 3.05) is 11.9 Å². The molecule has 5 heteroatoms. The van der Waals surface area contributed by atoms with Gasteiger partial charge in [-0.1, -0.05) is 105 Å². The van der Waals surface area contributed by atoms with Crippen molar-refractivity contribution in [1.82, 2.24) is 14.1 Å². The second-order valence-corrected chi connectivity index (χ2v) is 15.6. The predicted molar refractivity (Wildman–Crippen MR) is 249 cm³/mol. The van der Waals surface area contributed by atoms with Crippen molar-refractivity contribution in [3.05, 3.63) is 206 Å². The number of hydrogen-bond acceptors (Lipinski definition) is 3. The number of fused-ring (bicyclic) bond motifs is 8. The zero-order chi connectivity index (χ0) is 40.1. The molecule has 0 atom stereocenters. The summed E-state index contributed by atoms with van der Waals surface area (Å²) < 4.78 is 4.77. The number of hydrogen-bond donors (Lipinski definition) is 0. The minimum absolute atomic E-state index is 0.120. The molecule has 10 aromatic rings. The van der Waals surface area contributed by atoms with Gasteiger partial charge in [0.2, 0.25) is 0 Å². The molecule has 0 unspecified atom stereocenters. The topological polar surface area (TPSA) is 38.4 Å². The minimum Gasteiger partial charge on any atom is -0.315 e. The highest BCUT2D eigenvalue weighted by atomic mass is 15.1. The molecule has 5 nitrogen and oxygen atoms in total. The molecule has 0 radical (unpaired) electrons. The van der Waals surface area contributed by atoms with E-state index in [-0.39, 0.29) is 5.41 Å². The Balaban J connectivity index is 0.00000136. The third-order valence-electron chi connectivity index (χ3n) is 11.8. The van der Waals surface area contributed by atoms with Crippen LogP contribution in [0.3, 0.4) is 0 Å². The fraction of sp³-hybridized carbons (Fsp3) is 0.0741. The number of nitrogens with zero attached hydrogens (tertiary/aromatic N) is 5. The molecule has 284 valence electrons. The van der Waals surface area contributed by atoms with Crippen LogP contribution >= 0.6 is 0 Å². The van der Waals surface area contributed by atoms with E-state index >= 15 is 0 Å². The molecule has 7 aromatic carbocycles. The van der Waals surface area contributed by atoms with Crippen molar-refractivity contribution in [2.24, 2.45) is 4.99 Å². The maximum Gasteiger partial charge on any atom is 0.0788 e. The van der Waals surface area contributed by atoms with Gasteiger partial charge < -0.3 is 19.0 Å². The van der Waals surface area contributed by atoms with Gasteiger partial charge in [-0.3, -0.25) is 4.98 Å². The fourth-order valence-electron chi connectivity index (χ4n) is 9.13. The van der Waals surface area contributed by atoms with E-state index in [1.54, 1.807) is 7.05 Å². The van der Waals surface area contributed by atoms with Crippen LogP contribution in [0.15, 0.2) is 200 Å². The fourth-order valence-corrected chi connectivity index (χ4v) is 9.13. The van der Waals surface area contributed by atoms with Gasteiger partial charge in [-0.05, 0) is 125 Å². The van der Waals surface area contributed by atoms with E-state index in [0.717, 1.165) is 39.6 Å². The number of para-hydroxylation sites is 2. The normalized spacial score (nSPS) is 12.5. The van der Waals surface area contributed by atoms with E-state index < -0.39 is 0 Å². The largest absolute Gasteiger partial charge is 0.315 e. The zero-order valence-corrected chi connectivity index (χ0v) is 33.4. The quantitative estimate of drug-likeness (QED) is 0.158. The standard InChI is InChI=1S/C52H38N4.C2H5N/c1-52(2)47-16-10-9-15-43(47)44-25-22-42(34-48(44)52)55(40-20-17-35(18-21-40)36-27-30-53-31-28-36)41-23-26-49-46(33-41)45-24-19-37-29-32-54(38-11-5-3-6-12-38)50(37)51(45)56(49)39-13-7-4-8-14-39;1-3-2/h3-34H,1-2H3;1H2,2H3. The summed E-state index contributed by atoms with van der Waals surface area (Å²) in [7, 11) is 1.64. The molecule has 11 rings (SSSR count). The molecule has 3 heterocycles. The lowest BCUT2D eigenvalue weighted by molar-refractivity contribution is 0.660. The Morgan fingerprint density at radius 3 is 1.90 bits per heavy atom. The Labute approximate surface area is 344 Å². The maximum atomic E-state index is 4.24. The Kier molecular flexibility index (Phi) is 8.80. The van der Waals surface area contributed by atoms with E-state index in [4.69, 9.17) is 0 Å². The van der Waals surface area contributed by atoms with Crippen LogP contribution in [-0.4, -0.2) is 27.9 Å². The summed E-state index contributed by atoms with van der Waals surface area (Å²) in [4.78, 5) is 9.91. The van der Waals surface area contributed by atoms with Crippen molar-refractivity contribution in [1.29, 1.82) is 0 Å². The van der Waals surface area contributed by atoms with Crippen molar-refractivity contribution in [2.45, 2.75) is 19.3 Å². The molecule has 0 bridgehead atoms. The molecule has 59 heavy (non-hydrogen) atoms. The summed E-state index contributed by atoms with van der Waals surface area (Å²) in [5.74, 6) is 0. The van der Waals surface area contributed by atoms with Gasteiger partial charge in [0.15, 0.2) is 0 Å². The van der Waals surface area contributed by atoms with Gasteiger partial charge in [-0.2, -0.15) is 0 Å². The first-order chi connectivity index (χ1) is 29.0. The summed E-state index contributed by atoms with van der Waals surface area (Å²) in [5, 5.41) is 3.63. The van der Waals surface area contributed by atoms with Gasteiger partial charge in [0.1, 0.15) is 0 Å².